The Labute approximate surface area is 71.3 Å². The summed E-state index contributed by atoms with van der Waals surface area (Å²) in [4.78, 5) is 10.2. The Morgan fingerprint density at radius 2 is 1.75 bits per heavy atom. The van der Waals surface area contributed by atoms with Gasteiger partial charge >= 0.3 is 5.97 Å². The topological polar surface area (TPSA) is 57.5 Å². The van der Waals surface area contributed by atoms with Gasteiger partial charge in [-0.3, -0.25) is 4.79 Å². The standard InChI is InChI=1S/C8H8O2.CH4O/c9-8(10)6-7-4-2-1-3-5-7;1-2/h1-5H,6H2,(H,9,10);2H,1H3. The van der Waals surface area contributed by atoms with Crippen molar-refractivity contribution in [3.05, 3.63) is 35.9 Å². The third kappa shape index (κ3) is 4.46. The first-order chi connectivity index (χ1) is 5.79. The van der Waals surface area contributed by atoms with E-state index in [1.165, 1.54) is 0 Å². The van der Waals surface area contributed by atoms with E-state index in [-0.39, 0.29) is 6.42 Å². The van der Waals surface area contributed by atoms with E-state index < -0.39 is 5.97 Å². The van der Waals surface area contributed by atoms with E-state index in [9.17, 15) is 4.79 Å². The van der Waals surface area contributed by atoms with Gasteiger partial charge < -0.3 is 10.2 Å². The molecule has 0 aliphatic carbocycles. The molecule has 0 fully saturated rings. The second kappa shape index (κ2) is 6.37. The summed E-state index contributed by atoms with van der Waals surface area (Å²) in [5, 5.41) is 15.4. The fraction of sp³-hybridized carbons (Fsp3) is 0.222. The lowest BCUT2D eigenvalue weighted by Gasteiger charge is -1.92. The highest BCUT2D eigenvalue weighted by Crippen LogP contribution is 1.98. The zero-order chi connectivity index (χ0) is 9.40. The van der Waals surface area contributed by atoms with E-state index in [2.05, 4.69) is 0 Å². The molecule has 0 radical (unpaired) electrons. The Bertz CT molecular complexity index is 218. The number of rotatable bonds is 2. The Kier molecular flexibility index (Phi) is 5.65. The number of aliphatic hydroxyl groups excluding tert-OH is 1. The highest BCUT2D eigenvalue weighted by Gasteiger charge is 1.96. The van der Waals surface area contributed by atoms with Crippen molar-refractivity contribution in [2.45, 2.75) is 6.42 Å². The number of carboxylic acids is 1. The van der Waals surface area contributed by atoms with Crippen molar-refractivity contribution < 1.29 is 15.0 Å². The minimum absolute atomic E-state index is 0.112. The first-order valence-corrected chi connectivity index (χ1v) is 3.49. The van der Waals surface area contributed by atoms with Crippen LogP contribution < -0.4 is 0 Å². The molecule has 0 atom stereocenters. The maximum Gasteiger partial charge on any atom is 0.307 e. The van der Waals surface area contributed by atoms with E-state index in [0.717, 1.165) is 12.7 Å². The van der Waals surface area contributed by atoms with Gasteiger partial charge in [-0.1, -0.05) is 30.3 Å². The van der Waals surface area contributed by atoms with E-state index in [1.807, 2.05) is 18.2 Å². The molecule has 0 heterocycles. The predicted molar refractivity (Wildman–Crippen MR) is 45.9 cm³/mol. The van der Waals surface area contributed by atoms with Gasteiger partial charge in [-0.2, -0.15) is 0 Å². The average Bonchev–Trinajstić information content (AvgIpc) is 2.08. The summed E-state index contributed by atoms with van der Waals surface area (Å²) in [6, 6.07) is 9.13. The van der Waals surface area contributed by atoms with Crippen molar-refractivity contribution in [1.29, 1.82) is 0 Å². The SMILES string of the molecule is CO.O=C(O)Cc1ccccc1. The molecule has 1 aromatic rings. The molecule has 2 N–H and O–H groups in total. The summed E-state index contributed by atoms with van der Waals surface area (Å²) in [5.74, 6) is -0.786. The third-order valence-corrected chi connectivity index (χ3v) is 1.20. The first kappa shape index (κ1) is 10.7. The fourth-order valence-corrected chi connectivity index (χ4v) is 0.770. The smallest absolute Gasteiger partial charge is 0.307 e. The minimum atomic E-state index is -0.786. The van der Waals surface area contributed by atoms with Crippen LogP contribution in [0.1, 0.15) is 5.56 Å². The first-order valence-electron chi connectivity index (χ1n) is 3.49. The fourth-order valence-electron chi connectivity index (χ4n) is 0.770. The second-order valence-corrected chi connectivity index (χ2v) is 2.06. The molecule has 0 aliphatic rings. The van der Waals surface area contributed by atoms with Gasteiger partial charge in [-0.25, -0.2) is 0 Å². The van der Waals surface area contributed by atoms with E-state index >= 15 is 0 Å². The normalized spacial score (nSPS) is 8.17. The summed E-state index contributed by atoms with van der Waals surface area (Å²) in [5.41, 5.74) is 0.843. The highest BCUT2D eigenvalue weighted by molar-refractivity contribution is 5.70. The van der Waals surface area contributed by atoms with Crippen LogP contribution in [0.5, 0.6) is 0 Å². The Hall–Kier alpha value is -1.35. The molecular formula is C9H12O3. The molecule has 12 heavy (non-hydrogen) atoms. The van der Waals surface area contributed by atoms with Crippen LogP contribution in [0, 0.1) is 0 Å². The van der Waals surface area contributed by atoms with Crippen LogP contribution >= 0.6 is 0 Å². The number of carbonyl (C=O) groups is 1. The molecule has 1 rings (SSSR count). The zero-order valence-electron chi connectivity index (χ0n) is 6.90. The zero-order valence-corrected chi connectivity index (χ0v) is 6.90. The van der Waals surface area contributed by atoms with Gasteiger partial charge in [0.2, 0.25) is 0 Å². The Morgan fingerprint density at radius 3 is 2.17 bits per heavy atom. The van der Waals surface area contributed by atoms with Gasteiger partial charge in [0.25, 0.3) is 0 Å². The molecule has 0 aromatic heterocycles. The van der Waals surface area contributed by atoms with Crippen LogP contribution in [0.3, 0.4) is 0 Å². The van der Waals surface area contributed by atoms with Crippen molar-refractivity contribution in [2.24, 2.45) is 0 Å². The average molecular weight is 168 g/mol. The molecule has 0 saturated carbocycles. The lowest BCUT2D eigenvalue weighted by atomic mass is 10.2. The van der Waals surface area contributed by atoms with E-state index in [4.69, 9.17) is 10.2 Å². The van der Waals surface area contributed by atoms with Crippen LogP contribution in [0.25, 0.3) is 0 Å². The molecule has 3 nitrogen and oxygen atoms in total. The van der Waals surface area contributed by atoms with Gasteiger partial charge in [0.05, 0.1) is 6.42 Å². The molecule has 0 unspecified atom stereocenters. The van der Waals surface area contributed by atoms with Crippen LogP contribution in [-0.4, -0.2) is 23.3 Å². The molecule has 0 aliphatic heterocycles. The predicted octanol–water partition coefficient (Wildman–Crippen LogP) is 0.922. The number of hydrogen-bond acceptors (Lipinski definition) is 2. The minimum Gasteiger partial charge on any atom is -0.481 e. The van der Waals surface area contributed by atoms with Gasteiger partial charge in [0.1, 0.15) is 0 Å². The van der Waals surface area contributed by atoms with Crippen LogP contribution in [0.4, 0.5) is 0 Å². The van der Waals surface area contributed by atoms with Crippen molar-refractivity contribution >= 4 is 5.97 Å². The monoisotopic (exact) mass is 168 g/mol. The van der Waals surface area contributed by atoms with Gasteiger partial charge in [-0.05, 0) is 5.56 Å². The summed E-state index contributed by atoms with van der Waals surface area (Å²) in [7, 11) is 1.00. The summed E-state index contributed by atoms with van der Waals surface area (Å²) in [6.45, 7) is 0. The largest absolute Gasteiger partial charge is 0.481 e. The van der Waals surface area contributed by atoms with Crippen molar-refractivity contribution in [3.63, 3.8) is 0 Å². The molecule has 0 bridgehead atoms. The maximum absolute atomic E-state index is 10.2. The number of carboxylic acid groups (broad SMARTS) is 1. The number of benzene rings is 1. The lowest BCUT2D eigenvalue weighted by Crippen LogP contribution is -1.98. The van der Waals surface area contributed by atoms with Gasteiger partial charge in [0, 0.05) is 7.11 Å². The number of aliphatic hydroxyl groups is 1. The van der Waals surface area contributed by atoms with Crippen LogP contribution in [0.15, 0.2) is 30.3 Å². The molecule has 0 spiro atoms. The van der Waals surface area contributed by atoms with Crippen molar-refractivity contribution in [2.75, 3.05) is 7.11 Å². The van der Waals surface area contributed by atoms with E-state index in [1.54, 1.807) is 12.1 Å². The number of hydrogen-bond donors (Lipinski definition) is 2. The van der Waals surface area contributed by atoms with Crippen molar-refractivity contribution in [3.8, 4) is 0 Å². The summed E-state index contributed by atoms with van der Waals surface area (Å²) >= 11 is 0. The van der Waals surface area contributed by atoms with E-state index in [0.29, 0.717) is 0 Å². The molecule has 1 aromatic carbocycles. The molecule has 66 valence electrons. The molecule has 0 amide bonds. The van der Waals surface area contributed by atoms with Crippen LogP contribution in [-0.2, 0) is 11.2 Å². The van der Waals surface area contributed by atoms with Gasteiger partial charge in [-0.15, -0.1) is 0 Å². The summed E-state index contributed by atoms with van der Waals surface area (Å²) in [6.07, 6.45) is 0.112. The molecule has 3 heteroatoms. The quantitative estimate of drug-likeness (QED) is 0.690. The molecule has 0 saturated heterocycles. The van der Waals surface area contributed by atoms with Crippen molar-refractivity contribution in [1.82, 2.24) is 0 Å². The third-order valence-electron chi connectivity index (χ3n) is 1.20. The summed E-state index contributed by atoms with van der Waals surface area (Å²) < 4.78 is 0. The molecular weight excluding hydrogens is 156 g/mol. The number of aliphatic carboxylic acids is 1. The second-order valence-electron chi connectivity index (χ2n) is 2.06. The van der Waals surface area contributed by atoms with Crippen LogP contribution in [0.2, 0.25) is 0 Å². The highest BCUT2D eigenvalue weighted by atomic mass is 16.4. The Morgan fingerprint density at radius 1 is 1.25 bits per heavy atom. The lowest BCUT2D eigenvalue weighted by molar-refractivity contribution is -0.136. The Balaban J connectivity index is 0.000000561. The van der Waals surface area contributed by atoms with Gasteiger partial charge in [0.15, 0.2) is 0 Å². The maximum atomic E-state index is 10.2.